The van der Waals surface area contributed by atoms with Gasteiger partial charge in [-0.05, 0) is 29.8 Å². The van der Waals surface area contributed by atoms with Crippen molar-refractivity contribution in [2.24, 2.45) is 0 Å². The van der Waals surface area contributed by atoms with Crippen molar-refractivity contribution in [1.29, 1.82) is 0 Å². The Hall–Kier alpha value is -2.54. The van der Waals surface area contributed by atoms with Gasteiger partial charge in [-0.15, -0.1) is 0 Å². The van der Waals surface area contributed by atoms with Gasteiger partial charge in [-0.25, -0.2) is 8.42 Å². The lowest BCUT2D eigenvalue weighted by atomic mass is 10.2. The van der Waals surface area contributed by atoms with E-state index < -0.39 is 9.84 Å². The average Bonchev–Trinajstić information content (AvgIpc) is 3.01. The predicted molar refractivity (Wildman–Crippen MR) is 82.0 cm³/mol. The molecule has 0 aromatic heterocycles. The van der Waals surface area contributed by atoms with Crippen LogP contribution in [0, 0.1) is 0 Å². The highest BCUT2D eigenvalue weighted by Gasteiger charge is 2.22. The third-order valence-corrected chi connectivity index (χ3v) is 5.20. The zero-order valence-electron chi connectivity index (χ0n) is 12.4. The largest absolute Gasteiger partial charge is 0.454 e. The molecular weight excluding hydrogens is 318 g/mol. The number of amides is 1. The van der Waals surface area contributed by atoms with Crippen LogP contribution < -0.4 is 14.8 Å². The van der Waals surface area contributed by atoms with Gasteiger partial charge in [0.15, 0.2) is 11.5 Å². The molecule has 0 saturated carbocycles. The fraction of sp³-hybridized carbons (Fsp3) is 0.188. The summed E-state index contributed by atoms with van der Waals surface area (Å²) in [7, 11) is -3.63. The van der Waals surface area contributed by atoms with Gasteiger partial charge in [0.05, 0.1) is 9.79 Å². The smallest absolute Gasteiger partial charge is 0.231 e. The number of ether oxygens (including phenoxy) is 2. The topological polar surface area (TPSA) is 81.7 Å². The van der Waals surface area contributed by atoms with Crippen molar-refractivity contribution >= 4 is 15.7 Å². The highest BCUT2D eigenvalue weighted by Crippen LogP contribution is 2.35. The molecule has 1 aliphatic heterocycles. The highest BCUT2D eigenvalue weighted by atomic mass is 32.2. The molecule has 3 rings (SSSR count). The number of carbonyl (C=O) groups is 1. The minimum absolute atomic E-state index is 0.0939. The molecule has 0 aliphatic carbocycles. The molecule has 0 bridgehead atoms. The van der Waals surface area contributed by atoms with Crippen LogP contribution in [0.25, 0.3) is 0 Å². The molecule has 2 aromatic rings. The molecule has 1 aliphatic rings. The van der Waals surface area contributed by atoms with Gasteiger partial charge in [0.25, 0.3) is 0 Å². The number of rotatable bonds is 4. The van der Waals surface area contributed by atoms with Gasteiger partial charge in [0.1, 0.15) is 0 Å². The standard InChI is InChI=1S/C16H15NO5S/c1-11(18)17-9-12-2-4-13(5-3-12)23(19,20)14-6-7-15-16(8-14)22-10-21-15/h2-8H,9-10H2,1H3,(H,17,18). The third-order valence-electron chi connectivity index (χ3n) is 3.43. The van der Waals surface area contributed by atoms with E-state index in [9.17, 15) is 13.2 Å². The van der Waals surface area contributed by atoms with Crippen molar-refractivity contribution in [2.45, 2.75) is 23.3 Å². The molecule has 0 radical (unpaired) electrons. The Balaban J connectivity index is 1.86. The summed E-state index contributed by atoms with van der Waals surface area (Å²) >= 11 is 0. The van der Waals surface area contributed by atoms with E-state index in [0.717, 1.165) is 5.56 Å². The molecular formula is C16H15NO5S. The second kappa shape index (κ2) is 5.92. The van der Waals surface area contributed by atoms with Crippen LogP contribution in [0.3, 0.4) is 0 Å². The first-order valence-corrected chi connectivity index (χ1v) is 8.43. The van der Waals surface area contributed by atoms with E-state index >= 15 is 0 Å². The Morgan fingerprint density at radius 3 is 2.39 bits per heavy atom. The fourth-order valence-corrected chi connectivity index (χ4v) is 3.47. The zero-order valence-corrected chi connectivity index (χ0v) is 13.2. The van der Waals surface area contributed by atoms with Crippen molar-refractivity contribution in [3.8, 4) is 11.5 Å². The molecule has 120 valence electrons. The lowest BCUT2D eigenvalue weighted by molar-refractivity contribution is -0.119. The van der Waals surface area contributed by atoms with Gasteiger partial charge in [0, 0.05) is 19.5 Å². The highest BCUT2D eigenvalue weighted by molar-refractivity contribution is 7.91. The van der Waals surface area contributed by atoms with Crippen molar-refractivity contribution in [3.63, 3.8) is 0 Å². The van der Waals surface area contributed by atoms with Gasteiger partial charge in [-0.3, -0.25) is 4.79 Å². The summed E-state index contributed by atoms with van der Waals surface area (Å²) in [6.07, 6.45) is 0. The molecule has 1 heterocycles. The van der Waals surface area contributed by atoms with Gasteiger partial charge in [-0.1, -0.05) is 12.1 Å². The molecule has 0 atom stereocenters. The second-order valence-corrected chi connectivity index (χ2v) is 7.02. The lowest BCUT2D eigenvalue weighted by Gasteiger charge is -2.07. The Morgan fingerprint density at radius 2 is 1.70 bits per heavy atom. The molecule has 1 amide bonds. The van der Waals surface area contributed by atoms with E-state index in [4.69, 9.17) is 9.47 Å². The number of sulfone groups is 1. The van der Waals surface area contributed by atoms with Crippen LogP contribution in [0.4, 0.5) is 0 Å². The van der Waals surface area contributed by atoms with Crippen molar-refractivity contribution in [2.75, 3.05) is 6.79 Å². The van der Waals surface area contributed by atoms with Crippen LogP contribution in [0.5, 0.6) is 11.5 Å². The van der Waals surface area contributed by atoms with E-state index in [1.54, 1.807) is 18.2 Å². The number of nitrogens with one attached hydrogen (secondary N) is 1. The minimum atomic E-state index is -3.63. The monoisotopic (exact) mass is 333 g/mol. The van der Waals surface area contributed by atoms with Crippen LogP contribution in [0.15, 0.2) is 52.3 Å². The van der Waals surface area contributed by atoms with Crippen LogP contribution in [0.1, 0.15) is 12.5 Å². The van der Waals surface area contributed by atoms with Gasteiger partial charge in [-0.2, -0.15) is 0 Å². The van der Waals surface area contributed by atoms with Crippen molar-refractivity contribution in [3.05, 3.63) is 48.0 Å². The maximum atomic E-state index is 12.6. The summed E-state index contributed by atoms with van der Waals surface area (Å²) in [5, 5.41) is 2.66. The van der Waals surface area contributed by atoms with Crippen LogP contribution in [0.2, 0.25) is 0 Å². The number of benzene rings is 2. The number of carbonyl (C=O) groups excluding carboxylic acids is 1. The second-order valence-electron chi connectivity index (χ2n) is 5.07. The van der Waals surface area contributed by atoms with E-state index in [2.05, 4.69) is 5.32 Å². The van der Waals surface area contributed by atoms with Crippen molar-refractivity contribution in [1.82, 2.24) is 5.32 Å². The maximum absolute atomic E-state index is 12.6. The first-order chi connectivity index (χ1) is 11.0. The van der Waals surface area contributed by atoms with Gasteiger partial charge in [0.2, 0.25) is 22.5 Å². The molecule has 6 nitrogen and oxygen atoms in total. The summed E-state index contributed by atoms with van der Waals surface area (Å²) in [5.74, 6) is 0.824. The number of fused-ring (bicyclic) bond motifs is 1. The molecule has 7 heteroatoms. The lowest BCUT2D eigenvalue weighted by Crippen LogP contribution is -2.18. The van der Waals surface area contributed by atoms with Crippen molar-refractivity contribution < 1.29 is 22.7 Å². The van der Waals surface area contributed by atoms with Crippen LogP contribution in [-0.2, 0) is 21.2 Å². The van der Waals surface area contributed by atoms with Gasteiger partial charge < -0.3 is 14.8 Å². The first kappa shape index (κ1) is 15.4. The summed E-state index contributed by atoms with van der Waals surface area (Å²) in [6.45, 7) is 1.88. The SMILES string of the molecule is CC(=O)NCc1ccc(S(=O)(=O)c2ccc3c(c2)OCO3)cc1. The predicted octanol–water partition coefficient (Wildman–Crippen LogP) is 1.88. The Kier molecular flexibility index (Phi) is 3.96. The molecule has 23 heavy (non-hydrogen) atoms. The maximum Gasteiger partial charge on any atom is 0.231 e. The minimum Gasteiger partial charge on any atom is -0.454 e. The van der Waals surface area contributed by atoms with E-state index in [-0.39, 0.29) is 22.5 Å². The number of hydrogen-bond donors (Lipinski definition) is 1. The molecule has 1 N–H and O–H groups in total. The number of hydrogen-bond acceptors (Lipinski definition) is 5. The summed E-state index contributed by atoms with van der Waals surface area (Å²) in [4.78, 5) is 11.2. The van der Waals surface area contributed by atoms with E-state index in [0.29, 0.717) is 18.0 Å². The quantitative estimate of drug-likeness (QED) is 0.924. The summed E-state index contributed by atoms with van der Waals surface area (Å²) < 4.78 is 35.7. The Morgan fingerprint density at radius 1 is 1.04 bits per heavy atom. The Bertz CT molecular complexity index is 843. The Labute approximate surface area is 134 Å². The summed E-state index contributed by atoms with van der Waals surface area (Å²) in [5.41, 5.74) is 0.824. The van der Waals surface area contributed by atoms with Gasteiger partial charge >= 0.3 is 0 Å². The third kappa shape index (κ3) is 3.14. The van der Waals surface area contributed by atoms with E-state index in [1.807, 2.05) is 0 Å². The first-order valence-electron chi connectivity index (χ1n) is 6.95. The molecule has 2 aromatic carbocycles. The van der Waals surface area contributed by atoms with Crippen LogP contribution in [-0.4, -0.2) is 21.1 Å². The molecule has 0 saturated heterocycles. The fourth-order valence-electron chi connectivity index (χ4n) is 2.19. The average molecular weight is 333 g/mol. The zero-order chi connectivity index (χ0) is 16.4. The molecule has 0 unspecified atom stereocenters. The molecule has 0 spiro atoms. The summed E-state index contributed by atoms with van der Waals surface area (Å²) in [6, 6.07) is 10.9. The normalized spacial score (nSPS) is 12.9. The van der Waals surface area contributed by atoms with Crippen LogP contribution >= 0.6 is 0 Å². The van der Waals surface area contributed by atoms with E-state index in [1.165, 1.54) is 31.2 Å². The molecule has 0 fully saturated rings.